The average Bonchev–Trinajstić information content (AvgIpc) is 2.53. The van der Waals surface area contributed by atoms with E-state index < -0.39 is 64.6 Å². The summed E-state index contributed by atoms with van der Waals surface area (Å²) in [6, 6.07) is 4.27. The van der Waals surface area contributed by atoms with Gasteiger partial charge in [0.05, 0.1) is 9.79 Å². The maximum absolute atomic E-state index is 12.2. The molecule has 0 fully saturated rings. The predicted molar refractivity (Wildman–Crippen MR) is 86.1 cm³/mol. The van der Waals surface area contributed by atoms with Crippen molar-refractivity contribution in [3.63, 3.8) is 0 Å². The molecule has 27 heavy (non-hydrogen) atoms. The van der Waals surface area contributed by atoms with E-state index in [1.54, 1.807) is 0 Å². The maximum atomic E-state index is 12.2. The number of carboxylic acids is 1. The molecule has 2 aromatic carbocycles. The Hall–Kier alpha value is -3.00. The molecule has 0 aliphatic rings. The minimum absolute atomic E-state index is 0.536. The highest BCUT2D eigenvalue weighted by atomic mass is 32.2. The number of rotatable bonds is 5. The minimum atomic E-state index is -4.72. The van der Waals surface area contributed by atoms with Gasteiger partial charge >= 0.3 is 11.9 Å². The largest absolute Gasteiger partial charge is 0.507 e. The number of hydrogen-bond acceptors (Lipinski definition) is 8. The lowest BCUT2D eigenvalue weighted by Gasteiger charge is -2.10. The number of hydrogen-bond donors (Lipinski definition) is 4. The van der Waals surface area contributed by atoms with Crippen molar-refractivity contribution in [3.05, 3.63) is 47.5 Å². The third-order valence-electron chi connectivity index (χ3n) is 3.17. The molecule has 0 heterocycles. The molecule has 0 spiro atoms. The Morgan fingerprint density at radius 2 is 1.30 bits per heavy atom. The van der Waals surface area contributed by atoms with Crippen molar-refractivity contribution in [2.75, 3.05) is 0 Å². The van der Waals surface area contributed by atoms with Crippen LogP contribution in [-0.2, 0) is 20.2 Å². The number of carbonyl (C=O) groups is 2. The fraction of sp³-hybridized carbons (Fsp3) is 0. The molecule has 4 N–H and O–H groups in total. The summed E-state index contributed by atoms with van der Waals surface area (Å²) in [5.41, 5.74) is -1.51. The summed E-state index contributed by atoms with van der Waals surface area (Å²) in [5.74, 6) is -4.45. The topological polar surface area (TPSA) is 193 Å². The summed E-state index contributed by atoms with van der Waals surface area (Å²) in [4.78, 5) is 21.9. The highest BCUT2D eigenvalue weighted by molar-refractivity contribution is 7.86. The number of carboxylic acid groups (broad SMARTS) is 1. The van der Waals surface area contributed by atoms with Crippen molar-refractivity contribution >= 4 is 32.2 Å². The fourth-order valence-corrected chi connectivity index (χ4v) is 2.93. The first kappa shape index (κ1) is 20.3. The van der Waals surface area contributed by atoms with E-state index >= 15 is 0 Å². The van der Waals surface area contributed by atoms with E-state index in [0.717, 1.165) is 24.3 Å². The molecule has 0 bridgehead atoms. The summed E-state index contributed by atoms with van der Waals surface area (Å²) in [6.07, 6.45) is 0. The molecule has 11 nitrogen and oxygen atoms in total. The van der Waals surface area contributed by atoms with Gasteiger partial charge in [-0.05, 0) is 36.4 Å². The molecule has 144 valence electrons. The van der Waals surface area contributed by atoms with Crippen LogP contribution in [0.1, 0.15) is 20.7 Å². The Balaban J connectivity index is 2.49. The number of esters is 1. The number of carbonyl (C=O) groups excluding carboxylic acids is 1. The molecule has 0 amide bonds. The number of ether oxygens (including phenoxy) is 1. The first-order valence-electron chi connectivity index (χ1n) is 6.68. The summed E-state index contributed by atoms with van der Waals surface area (Å²) in [6.45, 7) is 0. The quantitative estimate of drug-likeness (QED) is 0.305. The zero-order chi connectivity index (χ0) is 20.6. The number of phenolic OH excluding ortho intramolecular Hbond substituents is 1. The fourth-order valence-electron chi connectivity index (χ4n) is 1.92. The Kier molecular flexibility index (Phi) is 5.23. The van der Waals surface area contributed by atoms with E-state index in [0.29, 0.717) is 12.1 Å². The average molecular weight is 418 g/mol. The molecule has 2 rings (SSSR count). The van der Waals surface area contributed by atoms with Gasteiger partial charge in [-0.3, -0.25) is 9.11 Å². The van der Waals surface area contributed by atoms with Crippen LogP contribution in [-0.4, -0.2) is 48.1 Å². The van der Waals surface area contributed by atoms with E-state index in [-0.39, 0.29) is 0 Å². The Bertz CT molecular complexity index is 1150. The number of phenols is 1. The van der Waals surface area contributed by atoms with Crippen LogP contribution in [0.15, 0.2) is 46.2 Å². The van der Waals surface area contributed by atoms with Gasteiger partial charge in [0.1, 0.15) is 22.6 Å². The highest BCUT2D eigenvalue weighted by Gasteiger charge is 2.23. The van der Waals surface area contributed by atoms with Crippen LogP contribution in [0, 0.1) is 0 Å². The van der Waals surface area contributed by atoms with Crippen molar-refractivity contribution < 1.29 is 50.5 Å². The molecular formula is C14H10O11S2. The van der Waals surface area contributed by atoms with Crippen LogP contribution in [0.4, 0.5) is 0 Å². The van der Waals surface area contributed by atoms with Gasteiger partial charge in [0, 0.05) is 0 Å². The first-order chi connectivity index (χ1) is 12.3. The molecule has 0 aromatic heterocycles. The van der Waals surface area contributed by atoms with E-state index in [2.05, 4.69) is 0 Å². The smallest absolute Gasteiger partial charge is 0.347 e. The van der Waals surface area contributed by atoms with Crippen LogP contribution < -0.4 is 4.74 Å². The van der Waals surface area contributed by atoms with Gasteiger partial charge in [-0.2, -0.15) is 16.8 Å². The molecular weight excluding hydrogens is 408 g/mol. The lowest BCUT2D eigenvalue weighted by Crippen LogP contribution is -2.13. The lowest BCUT2D eigenvalue weighted by molar-refractivity contribution is 0.0680. The first-order valence-corrected chi connectivity index (χ1v) is 9.56. The summed E-state index contributed by atoms with van der Waals surface area (Å²) in [5, 5.41) is 18.8. The zero-order valence-corrected chi connectivity index (χ0v) is 14.6. The van der Waals surface area contributed by atoms with Gasteiger partial charge in [-0.25, -0.2) is 9.59 Å². The lowest BCUT2D eigenvalue weighted by atomic mass is 10.2. The molecule has 0 saturated heterocycles. The van der Waals surface area contributed by atoms with Crippen molar-refractivity contribution in [2.24, 2.45) is 0 Å². The van der Waals surface area contributed by atoms with Gasteiger partial charge in [0.2, 0.25) is 0 Å². The van der Waals surface area contributed by atoms with Crippen molar-refractivity contribution in [3.8, 4) is 11.5 Å². The van der Waals surface area contributed by atoms with Crippen LogP contribution in [0.2, 0.25) is 0 Å². The third-order valence-corrected chi connectivity index (χ3v) is 4.87. The van der Waals surface area contributed by atoms with Gasteiger partial charge < -0.3 is 14.9 Å². The SMILES string of the molecule is O=C(Oc1ccc(S(=O)(=O)O)cc1C(=O)O)c1cc(S(=O)(=O)O)ccc1O. The normalized spacial score (nSPS) is 11.8. The molecule has 2 aromatic rings. The molecule has 13 heteroatoms. The maximum Gasteiger partial charge on any atom is 0.347 e. The van der Waals surface area contributed by atoms with Gasteiger partial charge in [-0.15, -0.1) is 0 Å². The van der Waals surface area contributed by atoms with E-state index in [1.807, 2.05) is 0 Å². The van der Waals surface area contributed by atoms with Crippen LogP contribution in [0.3, 0.4) is 0 Å². The second-order valence-electron chi connectivity index (χ2n) is 4.98. The summed E-state index contributed by atoms with van der Waals surface area (Å²) >= 11 is 0. The van der Waals surface area contributed by atoms with E-state index in [4.69, 9.17) is 18.9 Å². The number of aromatic carboxylic acids is 1. The molecule has 0 aliphatic heterocycles. The Morgan fingerprint density at radius 1 is 0.815 bits per heavy atom. The molecule has 0 atom stereocenters. The van der Waals surface area contributed by atoms with Crippen LogP contribution >= 0.6 is 0 Å². The predicted octanol–water partition coefficient (Wildman–Crippen LogP) is 0.803. The summed E-state index contributed by atoms with van der Waals surface area (Å²) in [7, 11) is -9.42. The van der Waals surface area contributed by atoms with Crippen LogP contribution in [0.25, 0.3) is 0 Å². The molecule has 0 aliphatic carbocycles. The monoisotopic (exact) mass is 418 g/mol. The number of aromatic hydroxyl groups is 1. The third kappa shape index (κ3) is 4.59. The molecule has 0 radical (unpaired) electrons. The highest BCUT2D eigenvalue weighted by Crippen LogP contribution is 2.27. The van der Waals surface area contributed by atoms with Crippen molar-refractivity contribution in [1.29, 1.82) is 0 Å². The van der Waals surface area contributed by atoms with E-state index in [9.17, 15) is 31.5 Å². The minimum Gasteiger partial charge on any atom is -0.507 e. The second-order valence-corrected chi connectivity index (χ2v) is 7.82. The van der Waals surface area contributed by atoms with Gasteiger partial charge in [0.25, 0.3) is 20.2 Å². The zero-order valence-electron chi connectivity index (χ0n) is 12.9. The second kappa shape index (κ2) is 6.96. The van der Waals surface area contributed by atoms with E-state index in [1.165, 1.54) is 0 Å². The van der Waals surface area contributed by atoms with Crippen molar-refractivity contribution in [2.45, 2.75) is 9.79 Å². The summed E-state index contributed by atoms with van der Waals surface area (Å²) < 4.78 is 67.1. The van der Waals surface area contributed by atoms with Gasteiger partial charge in [0.15, 0.2) is 0 Å². The Labute approximate surface area is 152 Å². The van der Waals surface area contributed by atoms with Gasteiger partial charge in [-0.1, -0.05) is 0 Å². The number of benzene rings is 2. The Morgan fingerprint density at radius 3 is 1.78 bits per heavy atom. The standard InChI is InChI=1S/C14H10O11S2/c15-11-3-1-7(26(19,20)21)5-9(11)14(18)25-12-4-2-8(27(22,23)24)6-10(12)13(16)17/h1-6,15H,(H,16,17)(H,19,20,21)(H,22,23,24). The molecule has 0 unspecified atom stereocenters. The van der Waals surface area contributed by atoms with Crippen LogP contribution in [0.5, 0.6) is 11.5 Å². The molecule has 0 saturated carbocycles. The van der Waals surface area contributed by atoms with Crippen molar-refractivity contribution in [1.82, 2.24) is 0 Å².